The van der Waals surface area contributed by atoms with Gasteiger partial charge < -0.3 is 19.5 Å². The lowest BCUT2D eigenvalue weighted by molar-refractivity contribution is -0.145. The van der Waals surface area contributed by atoms with Crippen LogP contribution in [0.25, 0.3) is 0 Å². The number of amides is 1. The number of esters is 1. The molecule has 1 N–H and O–H groups in total. The van der Waals surface area contributed by atoms with E-state index in [4.69, 9.17) is 14.2 Å². The Hall–Kier alpha value is -3.39. The van der Waals surface area contributed by atoms with Gasteiger partial charge in [0.25, 0.3) is 5.91 Å². The summed E-state index contributed by atoms with van der Waals surface area (Å²) < 4.78 is 16.4. The minimum atomic E-state index is -0.192. The smallest absolute Gasteiger partial charge is 0.306 e. The molecule has 0 bridgehead atoms. The van der Waals surface area contributed by atoms with E-state index in [0.29, 0.717) is 50.5 Å². The highest BCUT2D eigenvalue weighted by Crippen LogP contribution is 2.30. The molecule has 1 saturated heterocycles. The lowest BCUT2D eigenvalue weighted by Gasteiger charge is -2.25. The summed E-state index contributed by atoms with van der Waals surface area (Å²) in [6.07, 6.45) is 4.68. The third kappa shape index (κ3) is 7.29. The van der Waals surface area contributed by atoms with Gasteiger partial charge in [0.2, 0.25) is 0 Å². The van der Waals surface area contributed by atoms with Gasteiger partial charge in [-0.3, -0.25) is 14.6 Å². The molecule has 0 aliphatic carbocycles. The normalized spacial score (nSPS) is 17.5. The number of nitrogens with one attached hydrogen (secondary N) is 1. The second kappa shape index (κ2) is 12.4. The van der Waals surface area contributed by atoms with Crippen molar-refractivity contribution in [1.29, 1.82) is 0 Å². The van der Waals surface area contributed by atoms with E-state index in [1.165, 1.54) is 0 Å². The Morgan fingerprint density at radius 3 is 2.74 bits per heavy atom. The number of morpholine rings is 1. The fourth-order valence-corrected chi connectivity index (χ4v) is 4.03. The minimum absolute atomic E-state index is 0.0432. The molecule has 0 aromatic heterocycles. The molecule has 0 saturated carbocycles. The van der Waals surface area contributed by atoms with E-state index >= 15 is 0 Å². The molecule has 4 rings (SSSR count). The van der Waals surface area contributed by atoms with Gasteiger partial charge in [-0.05, 0) is 54.3 Å². The Balaban J connectivity index is 1.31. The number of fused-ring (bicyclic) bond motifs is 1. The van der Waals surface area contributed by atoms with Gasteiger partial charge in [-0.2, -0.15) is 5.10 Å². The lowest BCUT2D eigenvalue weighted by atomic mass is 9.93. The number of unbranched alkanes of at least 4 members (excludes halogenated alkanes) is 1. The topological polar surface area (TPSA) is 89.5 Å². The largest absolute Gasteiger partial charge is 0.493 e. The molecular weight excluding hydrogens is 446 g/mol. The zero-order valence-electron chi connectivity index (χ0n) is 20.2. The number of anilines is 1. The molecule has 1 unspecified atom stereocenters. The number of hydrogen-bond donors (Lipinski definition) is 1. The zero-order chi connectivity index (χ0) is 24.5. The molecule has 0 radical (unpaired) electrons. The van der Waals surface area contributed by atoms with Crippen LogP contribution in [0.4, 0.5) is 5.69 Å². The van der Waals surface area contributed by atoms with Crippen molar-refractivity contribution in [2.24, 2.45) is 11.0 Å². The first-order valence-corrected chi connectivity index (χ1v) is 12.3. The second-order valence-electron chi connectivity index (χ2n) is 8.87. The summed E-state index contributed by atoms with van der Waals surface area (Å²) in [6, 6.07) is 13.0. The van der Waals surface area contributed by atoms with E-state index in [9.17, 15) is 9.59 Å². The van der Waals surface area contributed by atoms with Gasteiger partial charge in [0.15, 0.2) is 0 Å². The fraction of sp³-hybridized carbons (Fsp3) is 0.444. The van der Waals surface area contributed by atoms with Crippen LogP contribution in [0.15, 0.2) is 47.6 Å². The highest BCUT2D eigenvalue weighted by molar-refractivity contribution is 6.04. The van der Waals surface area contributed by atoms with E-state index in [0.717, 1.165) is 42.8 Å². The predicted molar refractivity (Wildman–Crippen MR) is 134 cm³/mol. The van der Waals surface area contributed by atoms with E-state index in [2.05, 4.69) is 17.3 Å². The van der Waals surface area contributed by atoms with Gasteiger partial charge in [-0.1, -0.05) is 25.5 Å². The summed E-state index contributed by atoms with van der Waals surface area (Å²) in [5.41, 5.74) is 3.15. The summed E-state index contributed by atoms with van der Waals surface area (Å²) in [6.45, 7) is 5.98. The Morgan fingerprint density at radius 2 is 1.97 bits per heavy atom. The third-order valence-corrected chi connectivity index (χ3v) is 6.05. The third-order valence-electron chi connectivity index (χ3n) is 6.05. The van der Waals surface area contributed by atoms with Gasteiger partial charge in [0.1, 0.15) is 5.75 Å². The number of ether oxygens (including phenoxy) is 3. The van der Waals surface area contributed by atoms with Crippen LogP contribution in [-0.2, 0) is 20.7 Å². The van der Waals surface area contributed by atoms with E-state index < -0.39 is 0 Å². The minimum Gasteiger partial charge on any atom is -0.493 e. The molecule has 186 valence electrons. The molecule has 2 aromatic rings. The standard InChI is InChI=1S/C27H33N3O5/c1-2-3-12-34-26(31)16-21-15-23-17-22(6-9-25(23)35-19-21)27(32)29-24-7-4-20(5-8-24)18-28-30-10-13-33-14-11-30/h4-9,17-18,21H,2-3,10-16,19H2,1H3,(H,29,32)/b28-18+. The maximum absolute atomic E-state index is 12.9. The number of benzene rings is 2. The summed E-state index contributed by atoms with van der Waals surface area (Å²) in [5, 5.41) is 9.40. The Labute approximate surface area is 206 Å². The predicted octanol–water partition coefficient (Wildman–Crippen LogP) is 3.89. The van der Waals surface area contributed by atoms with Gasteiger partial charge in [0.05, 0.1) is 52.2 Å². The van der Waals surface area contributed by atoms with Crippen molar-refractivity contribution in [2.75, 3.05) is 44.8 Å². The second-order valence-corrected chi connectivity index (χ2v) is 8.87. The van der Waals surface area contributed by atoms with Crippen LogP contribution in [0.3, 0.4) is 0 Å². The molecule has 2 heterocycles. The van der Waals surface area contributed by atoms with Crippen molar-refractivity contribution < 1.29 is 23.8 Å². The van der Waals surface area contributed by atoms with Crippen LogP contribution >= 0.6 is 0 Å². The van der Waals surface area contributed by atoms with E-state index in [1.807, 2.05) is 47.6 Å². The van der Waals surface area contributed by atoms with Crippen LogP contribution in [0.2, 0.25) is 0 Å². The quantitative estimate of drug-likeness (QED) is 0.333. The zero-order valence-corrected chi connectivity index (χ0v) is 20.2. The Morgan fingerprint density at radius 1 is 1.17 bits per heavy atom. The highest BCUT2D eigenvalue weighted by atomic mass is 16.5. The number of rotatable bonds is 9. The Bertz CT molecular complexity index is 1030. The molecule has 2 aliphatic rings. The van der Waals surface area contributed by atoms with Crippen molar-refractivity contribution in [3.05, 3.63) is 59.2 Å². The monoisotopic (exact) mass is 479 g/mol. The van der Waals surface area contributed by atoms with Gasteiger partial charge in [-0.15, -0.1) is 0 Å². The molecule has 1 fully saturated rings. The molecule has 8 nitrogen and oxygen atoms in total. The van der Waals surface area contributed by atoms with Gasteiger partial charge in [-0.25, -0.2) is 0 Å². The van der Waals surface area contributed by atoms with Crippen LogP contribution in [0, 0.1) is 5.92 Å². The average Bonchev–Trinajstić information content (AvgIpc) is 2.88. The highest BCUT2D eigenvalue weighted by Gasteiger charge is 2.24. The van der Waals surface area contributed by atoms with Crippen molar-refractivity contribution in [1.82, 2.24) is 5.01 Å². The Kier molecular flexibility index (Phi) is 8.73. The number of carbonyl (C=O) groups excluding carboxylic acids is 2. The maximum atomic E-state index is 12.9. The maximum Gasteiger partial charge on any atom is 0.306 e. The summed E-state index contributed by atoms with van der Waals surface area (Å²) in [4.78, 5) is 24.9. The van der Waals surface area contributed by atoms with Crippen molar-refractivity contribution in [3.8, 4) is 5.75 Å². The van der Waals surface area contributed by atoms with Crippen molar-refractivity contribution >= 4 is 23.8 Å². The van der Waals surface area contributed by atoms with Crippen molar-refractivity contribution in [3.63, 3.8) is 0 Å². The van der Waals surface area contributed by atoms with Crippen molar-refractivity contribution in [2.45, 2.75) is 32.6 Å². The van der Waals surface area contributed by atoms with Gasteiger partial charge in [0, 0.05) is 17.2 Å². The molecular formula is C27H33N3O5. The summed E-state index contributed by atoms with van der Waals surface area (Å²) in [7, 11) is 0. The van der Waals surface area contributed by atoms with Crippen LogP contribution < -0.4 is 10.1 Å². The van der Waals surface area contributed by atoms with Gasteiger partial charge >= 0.3 is 5.97 Å². The molecule has 35 heavy (non-hydrogen) atoms. The lowest BCUT2D eigenvalue weighted by Crippen LogP contribution is -2.32. The molecule has 1 amide bonds. The number of hydrazone groups is 1. The number of hydrogen-bond acceptors (Lipinski definition) is 7. The fourth-order valence-electron chi connectivity index (χ4n) is 4.03. The summed E-state index contributed by atoms with van der Waals surface area (Å²) >= 11 is 0. The van der Waals surface area contributed by atoms with E-state index in [-0.39, 0.29) is 17.8 Å². The summed E-state index contributed by atoms with van der Waals surface area (Å²) in [5.74, 6) is 0.425. The first-order valence-electron chi connectivity index (χ1n) is 12.3. The molecule has 0 spiro atoms. The SMILES string of the molecule is CCCCOC(=O)CC1COc2ccc(C(=O)Nc3ccc(/C=N/N4CCOCC4)cc3)cc2C1. The number of carbonyl (C=O) groups is 2. The first kappa shape index (κ1) is 24.7. The van der Waals surface area contributed by atoms with Crippen LogP contribution in [0.1, 0.15) is 47.7 Å². The van der Waals surface area contributed by atoms with Crippen LogP contribution in [0.5, 0.6) is 5.75 Å². The molecule has 1 atom stereocenters. The molecule has 2 aromatic carbocycles. The molecule has 8 heteroatoms. The first-order chi connectivity index (χ1) is 17.1. The molecule has 2 aliphatic heterocycles. The van der Waals surface area contributed by atoms with Crippen LogP contribution in [-0.4, -0.2) is 62.6 Å². The van der Waals surface area contributed by atoms with E-state index in [1.54, 1.807) is 6.07 Å². The average molecular weight is 480 g/mol. The number of nitrogens with zero attached hydrogens (tertiary/aromatic N) is 2.